The van der Waals surface area contributed by atoms with E-state index >= 15 is 0 Å². The Hall–Kier alpha value is -0.260. The van der Waals surface area contributed by atoms with E-state index in [1.807, 2.05) is 0 Å². The van der Waals surface area contributed by atoms with Crippen molar-refractivity contribution in [2.75, 3.05) is 0 Å². The molecule has 11 atom stereocenters. The maximum absolute atomic E-state index is 4.14. The summed E-state index contributed by atoms with van der Waals surface area (Å²) in [5, 5.41) is 0. The lowest BCUT2D eigenvalue weighted by molar-refractivity contribution is 0.240. The zero-order valence-corrected chi connectivity index (χ0v) is 18.1. The molecule has 1 spiro atoms. The highest BCUT2D eigenvalue weighted by atomic mass is 14.9. The van der Waals surface area contributed by atoms with E-state index in [0.29, 0.717) is 0 Å². The molecule has 0 radical (unpaired) electrons. The molecule has 144 valence electrons. The van der Waals surface area contributed by atoms with Crippen LogP contribution in [-0.4, -0.2) is 0 Å². The summed E-state index contributed by atoms with van der Waals surface area (Å²) < 4.78 is 0. The van der Waals surface area contributed by atoms with Gasteiger partial charge in [-0.3, -0.25) is 0 Å². The van der Waals surface area contributed by atoms with E-state index in [4.69, 9.17) is 0 Å². The van der Waals surface area contributed by atoms with Crippen LogP contribution in [0, 0.1) is 64.6 Å². The summed E-state index contributed by atoms with van der Waals surface area (Å²) in [5.41, 5.74) is 0.770. The van der Waals surface area contributed by atoms with E-state index in [-0.39, 0.29) is 0 Å². The standard InChI is InChI=1S/C25H44/c1-9-12-15(3)18(6)16(4)13-11-14-17(5)22-23-19(7)21(10-2)24-20(8)25(22,23)24/h10,15-24H,2,9,11-14H2,1,3-8H3. The molecule has 0 aliphatic heterocycles. The lowest BCUT2D eigenvalue weighted by Crippen LogP contribution is -2.17. The van der Waals surface area contributed by atoms with Gasteiger partial charge in [0.05, 0.1) is 0 Å². The Bertz CT molecular complexity index is 478. The Balaban J connectivity index is 1.45. The SMILES string of the molecule is C=CC1C(C)C2C(C(C)CCCC(C)C(C)C(C)CCC)C23C(C)C13. The van der Waals surface area contributed by atoms with Crippen LogP contribution in [-0.2, 0) is 0 Å². The van der Waals surface area contributed by atoms with Crippen LogP contribution in [0.1, 0.15) is 80.6 Å². The molecule has 3 aliphatic rings. The fourth-order valence-electron chi connectivity index (χ4n) is 7.89. The molecule has 0 N–H and O–H groups in total. The minimum absolute atomic E-state index is 0.770. The van der Waals surface area contributed by atoms with Crippen LogP contribution in [0.5, 0.6) is 0 Å². The lowest BCUT2D eigenvalue weighted by Gasteiger charge is -2.26. The average Bonchev–Trinajstić information content (AvgIpc) is 3.40. The molecule has 0 aromatic carbocycles. The molecule has 0 heterocycles. The molecule has 3 saturated carbocycles. The van der Waals surface area contributed by atoms with Crippen LogP contribution in [0.25, 0.3) is 0 Å². The molecule has 0 saturated heterocycles. The minimum atomic E-state index is 0.770. The largest absolute Gasteiger partial charge is 0.103 e. The number of hydrogen-bond donors (Lipinski definition) is 0. The molecule has 0 aromatic rings. The van der Waals surface area contributed by atoms with Crippen molar-refractivity contribution in [1.29, 1.82) is 0 Å². The van der Waals surface area contributed by atoms with Crippen molar-refractivity contribution >= 4 is 0 Å². The molecule has 0 aromatic heterocycles. The Labute approximate surface area is 158 Å². The van der Waals surface area contributed by atoms with Crippen molar-refractivity contribution in [3.63, 3.8) is 0 Å². The van der Waals surface area contributed by atoms with E-state index < -0.39 is 0 Å². The first kappa shape index (κ1) is 19.5. The van der Waals surface area contributed by atoms with Crippen molar-refractivity contribution in [1.82, 2.24) is 0 Å². The predicted octanol–water partition coefficient (Wildman–Crippen LogP) is 7.45. The first-order chi connectivity index (χ1) is 11.8. The quantitative estimate of drug-likeness (QED) is 0.361. The highest BCUT2D eigenvalue weighted by Gasteiger charge is 2.88. The molecule has 3 fully saturated rings. The summed E-state index contributed by atoms with van der Waals surface area (Å²) in [6, 6.07) is 0. The summed E-state index contributed by atoms with van der Waals surface area (Å²) in [6.45, 7) is 21.5. The van der Waals surface area contributed by atoms with Crippen molar-refractivity contribution in [2.45, 2.75) is 80.6 Å². The van der Waals surface area contributed by atoms with E-state index in [2.05, 4.69) is 61.1 Å². The first-order valence-electron chi connectivity index (χ1n) is 11.5. The molecule has 3 aliphatic carbocycles. The van der Waals surface area contributed by atoms with Crippen molar-refractivity contribution in [2.24, 2.45) is 64.6 Å². The molecule has 0 bridgehead atoms. The lowest BCUT2D eigenvalue weighted by atomic mass is 9.79. The van der Waals surface area contributed by atoms with Crippen molar-refractivity contribution < 1.29 is 0 Å². The van der Waals surface area contributed by atoms with Crippen LogP contribution in [0.4, 0.5) is 0 Å². The Morgan fingerprint density at radius 3 is 2.16 bits per heavy atom. The van der Waals surface area contributed by atoms with Gasteiger partial charge in [-0.05, 0) is 64.6 Å². The monoisotopic (exact) mass is 344 g/mol. The van der Waals surface area contributed by atoms with Gasteiger partial charge in [-0.15, -0.1) is 6.58 Å². The minimum Gasteiger partial charge on any atom is -0.103 e. The zero-order valence-electron chi connectivity index (χ0n) is 18.1. The number of rotatable bonds is 10. The van der Waals surface area contributed by atoms with Gasteiger partial charge in [0.1, 0.15) is 0 Å². The summed E-state index contributed by atoms with van der Waals surface area (Å²) >= 11 is 0. The van der Waals surface area contributed by atoms with E-state index in [1.165, 1.54) is 32.1 Å². The predicted molar refractivity (Wildman–Crippen MR) is 110 cm³/mol. The fourth-order valence-corrected chi connectivity index (χ4v) is 7.89. The van der Waals surface area contributed by atoms with Crippen molar-refractivity contribution in [3.05, 3.63) is 12.7 Å². The van der Waals surface area contributed by atoms with Gasteiger partial charge >= 0.3 is 0 Å². The van der Waals surface area contributed by atoms with Crippen LogP contribution in [0.3, 0.4) is 0 Å². The van der Waals surface area contributed by atoms with Crippen LogP contribution < -0.4 is 0 Å². The van der Waals surface area contributed by atoms with Gasteiger partial charge < -0.3 is 0 Å². The highest BCUT2D eigenvalue weighted by Crippen LogP contribution is 2.92. The molecule has 3 rings (SSSR count). The van der Waals surface area contributed by atoms with Gasteiger partial charge in [-0.2, -0.15) is 0 Å². The van der Waals surface area contributed by atoms with E-state index in [0.717, 1.165) is 64.6 Å². The highest BCUT2D eigenvalue weighted by molar-refractivity contribution is 5.37. The summed E-state index contributed by atoms with van der Waals surface area (Å²) in [4.78, 5) is 0. The third kappa shape index (κ3) is 2.85. The van der Waals surface area contributed by atoms with Gasteiger partial charge in [-0.1, -0.05) is 86.6 Å². The second-order valence-electron chi connectivity index (χ2n) is 10.5. The van der Waals surface area contributed by atoms with Gasteiger partial charge in [0.2, 0.25) is 0 Å². The normalized spacial score (nSPS) is 45.9. The molecule has 0 amide bonds. The average molecular weight is 345 g/mol. The Morgan fingerprint density at radius 1 is 0.960 bits per heavy atom. The van der Waals surface area contributed by atoms with E-state index in [1.54, 1.807) is 0 Å². The molecular weight excluding hydrogens is 300 g/mol. The van der Waals surface area contributed by atoms with Crippen LogP contribution in [0.2, 0.25) is 0 Å². The Morgan fingerprint density at radius 2 is 1.60 bits per heavy atom. The molecule has 25 heavy (non-hydrogen) atoms. The van der Waals surface area contributed by atoms with Crippen molar-refractivity contribution in [3.8, 4) is 0 Å². The van der Waals surface area contributed by atoms with Crippen LogP contribution in [0.15, 0.2) is 12.7 Å². The summed E-state index contributed by atoms with van der Waals surface area (Å²) in [7, 11) is 0. The Kier molecular flexibility index (Phi) is 5.50. The molecular formula is C25H44. The fraction of sp³-hybridized carbons (Fsp3) is 0.920. The van der Waals surface area contributed by atoms with Gasteiger partial charge in [0, 0.05) is 0 Å². The smallest absolute Gasteiger partial charge is 0.0164 e. The summed E-state index contributed by atoms with van der Waals surface area (Å²) in [5.74, 6) is 9.40. The maximum atomic E-state index is 4.14. The summed E-state index contributed by atoms with van der Waals surface area (Å²) in [6.07, 6.45) is 9.37. The molecule has 11 unspecified atom stereocenters. The first-order valence-corrected chi connectivity index (χ1v) is 11.5. The molecule has 0 heteroatoms. The van der Waals surface area contributed by atoms with Gasteiger partial charge in [-0.25, -0.2) is 0 Å². The zero-order chi connectivity index (χ0) is 18.5. The number of allylic oxidation sites excluding steroid dienone is 1. The third-order valence-electron chi connectivity index (χ3n) is 9.56. The number of hydrogen-bond acceptors (Lipinski definition) is 0. The van der Waals surface area contributed by atoms with Gasteiger partial charge in [0.25, 0.3) is 0 Å². The van der Waals surface area contributed by atoms with E-state index in [9.17, 15) is 0 Å². The topological polar surface area (TPSA) is 0 Å². The van der Waals surface area contributed by atoms with Gasteiger partial charge in [0.15, 0.2) is 0 Å². The maximum Gasteiger partial charge on any atom is -0.0164 e. The second kappa shape index (κ2) is 7.05. The molecule has 0 nitrogen and oxygen atoms in total. The third-order valence-corrected chi connectivity index (χ3v) is 9.56. The second-order valence-corrected chi connectivity index (χ2v) is 10.5. The van der Waals surface area contributed by atoms with Crippen LogP contribution >= 0.6 is 0 Å².